The molecule has 0 radical (unpaired) electrons. The molecule has 98 valence electrons. The number of fused-ring (bicyclic) bond motifs is 1. The Kier molecular flexibility index (Phi) is 4.02. The number of nitrogens with zero attached hydrogens (tertiary/aromatic N) is 1. The molecule has 1 aliphatic heterocycles. The third-order valence-electron chi connectivity index (χ3n) is 3.64. The molecule has 0 saturated carbocycles. The van der Waals surface area contributed by atoms with E-state index in [2.05, 4.69) is 6.92 Å². The highest BCUT2D eigenvalue weighted by molar-refractivity contribution is 6.05. The highest BCUT2D eigenvalue weighted by Gasteiger charge is 2.35. The molecular weight excluding hydrogens is 224 g/mol. The number of amides is 1. The molecule has 1 aliphatic rings. The normalized spacial score (nSPS) is 18.3. The lowest BCUT2D eigenvalue weighted by Gasteiger charge is -2.19. The molecule has 0 spiro atoms. The minimum absolute atomic E-state index is 0.0517. The molecule has 0 fully saturated rings. The van der Waals surface area contributed by atoms with Crippen LogP contribution in [0.4, 0.5) is 5.69 Å². The first-order valence-electron chi connectivity index (χ1n) is 6.83. The van der Waals surface area contributed by atoms with Crippen molar-refractivity contribution in [3.05, 3.63) is 29.3 Å². The van der Waals surface area contributed by atoms with Crippen LogP contribution < -0.4 is 10.6 Å². The van der Waals surface area contributed by atoms with Crippen molar-refractivity contribution in [1.82, 2.24) is 0 Å². The van der Waals surface area contributed by atoms with E-state index in [-0.39, 0.29) is 5.91 Å². The van der Waals surface area contributed by atoms with Crippen molar-refractivity contribution in [3.8, 4) is 0 Å². The van der Waals surface area contributed by atoms with Crippen LogP contribution in [0.2, 0.25) is 0 Å². The molecular formula is C15H22N2O. The Morgan fingerprint density at radius 3 is 2.78 bits per heavy atom. The molecule has 18 heavy (non-hydrogen) atoms. The van der Waals surface area contributed by atoms with Crippen LogP contribution in [0.15, 0.2) is 18.2 Å². The van der Waals surface area contributed by atoms with Gasteiger partial charge in [-0.25, -0.2) is 0 Å². The summed E-state index contributed by atoms with van der Waals surface area (Å²) in [6.07, 6.45) is 4.68. The van der Waals surface area contributed by atoms with Gasteiger partial charge < -0.3 is 10.6 Å². The summed E-state index contributed by atoms with van der Waals surface area (Å²) in [4.78, 5) is 14.1. The lowest BCUT2D eigenvalue weighted by molar-refractivity contribution is -0.119. The zero-order valence-corrected chi connectivity index (χ0v) is 11.3. The Morgan fingerprint density at radius 1 is 1.28 bits per heavy atom. The van der Waals surface area contributed by atoms with Gasteiger partial charge in [0, 0.05) is 12.1 Å². The summed E-state index contributed by atoms with van der Waals surface area (Å²) in [5.74, 6) is 0.0517. The van der Waals surface area contributed by atoms with Gasteiger partial charge in [-0.05, 0) is 18.9 Å². The predicted molar refractivity (Wildman–Crippen MR) is 74.6 cm³/mol. The fraction of sp³-hybridized carbons (Fsp3) is 0.533. The van der Waals surface area contributed by atoms with Crippen LogP contribution in [0, 0.1) is 6.92 Å². The van der Waals surface area contributed by atoms with Gasteiger partial charge in [0.1, 0.15) is 6.04 Å². The summed E-state index contributed by atoms with van der Waals surface area (Å²) in [5.41, 5.74) is 9.16. The Balaban J connectivity index is 2.15. The topological polar surface area (TPSA) is 46.3 Å². The number of para-hydroxylation sites is 1. The van der Waals surface area contributed by atoms with E-state index in [1.807, 2.05) is 30.0 Å². The molecule has 1 aromatic carbocycles. The molecule has 2 N–H and O–H groups in total. The third kappa shape index (κ3) is 2.27. The predicted octanol–water partition coefficient (Wildman–Crippen LogP) is 2.92. The largest absolute Gasteiger partial charge is 0.316 e. The van der Waals surface area contributed by atoms with Crippen LogP contribution in [-0.2, 0) is 4.79 Å². The van der Waals surface area contributed by atoms with Gasteiger partial charge in [-0.1, -0.05) is 44.4 Å². The fourth-order valence-electron chi connectivity index (χ4n) is 2.63. The molecule has 1 unspecified atom stereocenters. The van der Waals surface area contributed by atoms with Crippen molar-refractivity contribution < 1.29 is 4.79 Å². The second-order valence-electron chi connectivity index (χ2n) is 5.04. The SMILES string of the molecule is CCCCCCN1C(=O)C(N)c2cccc(C)c21. The van der Waals surface area contributed by atoms with E-state index < -0.39 is 6.04 Å². The number of hydrogen-bond acceptors (Lipinski definition) is 2. The molecule has 0 bridgehead atoms. The standard InChI is InChI=1S/C15H22N2O/c1-3-4-5-6-10-17-14-11(2)8-7-9-12(14)13(16)15(17)18/h7-9,13H,3-6,10,16H2,1-2H3. The van der Waals surface area contributed by atoms with Crippen LogP contribution in [0.3, 0.4) is 0 Å². The summed E-state index contributed by atoms with van der Waals surface area (Å²) in [6.45, 7) is 5.03. The first-order valence-corrected chi connectivity index (χ1v) is 6.83. The zero-order chi connectivity index (χ0) is 13.1. The Hall–Kier alpha value is -1.35. The van der Waals surface area contributed by atoms with Crippen LogP contribution in [-0.4, -0.2) is 12.5 Å². The summed E-state index contributed by atoms with van der Waals surface area (Å²) in [6, 6.07) is 5.52. The smallest absolute Gasteiger partial charge is 0.248 e. The van der Waals surface area contributed by atoms with E-state index in [0.29, 0.717) is 0 Å². The summed E-state index contributed by atoms with van der Waals surface area (Å²) in [7, 11) is 0. The fourth-order valence-corrected chi connectivity index (χ4v) is 2.63. The van der Waals surface area contributed by atoms with Gasteiger partial charge in [0.05, 0.1) is 5.69 Å². The number of carbonyl (C=O) groups is 1. The van der Waals surface area contributed by atoms with Crippen LogP contribution >= 0.6 is 0 Å². The van der Waals surface area contributed by atoms with Gasteiger partial charge in [0.2, 0.25) is 5.91 Å². The van der Waals surface area contributed by atoms with Gasteiger partial charge in [-0.3, -0.25) is 4.79 Å². The average molecular weight is 246 g/mol. The van der Waals surface area contributed by atoms with E-state index in [1.54, 1.807) is 0 Å². The first-order chi connectivity index (χ1) is 8.66. The van der Waals surface area contributed by atoms with E-state index in [0.717, 1.165) is 29.8 Å². The third-order valence-corrected chi connectivity index (χ3v) is 3.64. The molecule has 1 atom stereocenters. The van der Waals surface area contributed by atoms with Crippen molar-refractivity contribution in [2.75, 3.05) is 11.4 Å². The monoisotopic (exact) mass is 246 g/mol. The lowest BCUT2D eigenvalue weighted by Crippen LogP contribution is -2.32. The number of anilines is 1. The lowest BCUT2D eigenvalue weighted by atomic mass is 10.1. The van der Waals surface area contributed by atoms with Crippen molar-refractivity contribution in [2.45, 2.75) is 45.6 Å². The van der Waals surface area contributed by atoms with Gasteiger partial charge in [-0.2, -0.15) is 0 Å². The van der Waals surface area contributed by atoms with E-state index in [1.165, 1.54) is 19.3 Å². The summed E-state index contributed by atoms with van der Waals surface area (Å²) in [5, 5.41) is 0. The number of hydrogen-bond donors (Lipinski definition) is 1. The van der Waals surface area contributed by atoms with Crippen molar-refractivity contribution in [2.24, 2.45) is 5.73 Å². The number of rotatable bonds is 5. The maximum Gasteiger partial charge on any atom is 0.248 e. The van der Waals surface area contributed by atoms with Crippen molar-refractivity contribution >= 4 is 11.6 Å². The first kappa shape index (κ1) is 13.1. The minimum atomic E-state index is -0.467. The molecule has 1 heterocycles. The highest BCUT2D eigenvalue weighted by Crippen LogP contribution is 2.37. The van der Waals surface area contributed by atoms with Crippen LogP contribution in [0.5, 0.6) is 0 Å². The minimum Gasteiger partial charge on any atom is -0.316 e. The average Bonchev–Trinajstić information content (AvgIpc) is 2.61. The molecule has 2 rings (SSSR count). The highest BCUT2D eigenvalue weighted by atomic mass is 16.2. The Morgan fingerprint density at radius 2 is 2.06 bits per heavy atom. The molecule has 3 heteroatoms. The number of nitrogens with two attached hydrogens (primary N) is 1. The van der Waals surface area contributed by atoms with Gasteiger partial charge in [0.15, 0.2) is 0 Å². The number of benzene rings is 1. The molecule has 0 aliphatic carbocycles. The van der Waals surface area contributed by atoms with E-state index in [4.69, 9.17) is 5.73 Å². The number of carbonyl (C=O) groups excluding carboxylic acids is 1. The maximum absolute atomic E-state index is 12.2. The van der Waals surface area contributed by atoms with Gasteiger partial charge in [0.25, 0.3) is 0 Å². The van der Waals surface area contributed by atoms with Crippen molar-refractivity contribution in [3.63, 3.8) is 0 Å². The molecule has 1 aromatic rings. The summed E-state index contributed by atoms with van der Waals surface area (Å²) >= 11 is 0. The molecule has 1 amide bonds. The Bertz CT molecular complexity index is 442. The summed E-state index contributed by atoms with van der Waals surface area (Å²) < 4.78 is 0. The van der Waals surface area contributed by atoms with Crippen LogP contribution in [0.1, 0.15) is 49.8 Å². The Labute approximate surface area is 109 Å². The van der Waals surface area contributed by atoms with Gasteiger partial charge in [-0.15, -0.1) is 0 Å². The van der Waals surface area contributed by atoms with E-state index in [9.17, 15) is 4.79 Å². The quantitative estimate of drug-likeness (QED) is 0.812. The molecule has 3 nitrogen and oxygen atoms in total. The second kappa shape index (κ2) is 5.53. The van der Waals surface area contributed by atoms with E-state index >= 15 is 0 Å². The number of aryl methyl sites for hydroxylation is 1. The van der Waals surface area contributed by atoms with Gasteiger partial charge >= 0.3 is 0 Å². The zero-order valence-electron chi connectivity index (χ0n) is 11.3. The van der Waals surface area contributed by atoms with Crippen molar-refractivity contribution in [1.29, 1.82) is 0 Å². The second-order valence-corrected chi connectivity index (χ2v) is 5.04. The maximum atomic E-state index is 12.2. The number of unbranched alkanes of at least 4 members (excludes halogenated alkanes) is 3. The van der Waals surface area contributed by atoms with Crippen LogP contribution in [0.25, 0.3) is 0 Å². The molecule has 0 aromatic heterocycles. The molecule has 0 saturated heterocycles.